The second kappa shape index (κ2) is 8.95. The highest BCUT2D eigenvalue weighted by molar-refractivity contribution is 7.92. The Morgan fingerprint density at radius 3 is 2.54 bits per heavy atom. The van der Waals surface area contributed by atoms with Crippen molar-refractivity contribution >= 4 is 32.6 Å². The number of halogens is 3. The monoisotopic (exact) mass is 506 g/mol. The number of furan rings is 1. The van der Waals surface area contributed by atoms with Gasteiger partial charge in [-0.2, -0.15) is 21.6 Å². The maximum absolute atomic E-state index is 13.6. The molecule has 2 aromatic heterocycles. The lowest BCUT2D eigenvalue weighted by Crippen LogP contribution is -2.39. The van der Waals surface area contributed by atoms with Crippen molar-refractivity contribution in [1.82, 2.24) is 4.98 Å². The van der Waals surface area contributed by atoms with E-state index >= 15 is 0 Å². The van der Waals surface area contributed by atoms with Crippen molar-refractivity contribution < 1.29 is 40.4 Å². The number of ether oxygens (including phenoxy) is 1. The van der Waals surface area contributed by atoms with E-state index in [9.17, 15) is 26.4 Å². The van der Waals surface area contributed by atoms with E-state index in [1.165, 1.54) is 56.1 Å². The number of aryl methyl sites for hydroxylation is 1. The Kier molecular flexibility index (Phi) is 6.15. The van der Waals surface area contributed by atoms with Gasteiger partial charge in [0.15, 0.2) is 0 Å². The standard InChI is InChI=1S/C23H17F3N2O6S/c1-14-5-6-19(32-2)20(10-14)35(30,31)28(34-22(29)23(24,25)26)17-11-15-7-9-33-21(15)18(12-17)16-4-3-8-27-13-16/h3-13H,1-2H3. The summed E-state index contributed by atoms with van der Waals surface area (Å²) in [5.74, 6) is -2.87. The number of anilines is 1. The van der Waals surface area contributed by atoms with E-state index in [1.54, 1.807) is 25.1 Å². The van der Waals surface area contributed by atoms with Gasteiger partial charge in [0.25, 0.3) is 10.0 Å². The van der Waals surface area contributed by atoms with Gasteiger partial charge < -0.3 is 14.0 Å². The highest BCUT2D eigenvalue weighted by Gasteiger charge is 2.45. The van der Waals surface area contributed by atoms with Gasteiger partial charge >= 0.3 is 12.1 Å². The minimum absolute atomic E-state index is 0.0631. The van der Waals surface area contributed by atoms with Crippen LogP contribution in [0.4, 0.5) is 18.9 Å². The van der Waals surface area contributed by atoms with Crippen LogP contribution in [0.3, 0.4) is 0 Å². The number of carbonyl (C=O) groups is 1. The molecule has 182 valence electrons. The predicted octanol–water partition coefficient (Wildman–Crippen LogP) is 5.03. The molecule has 2 heterocycles. The number of hydrogen-bond acceptors (Lipinski definition) is 7. The molecule has 0 bridgehead atoms. The van der Waals surface area contributed by atoms with Gasteiger partial charge in [-0.1, -0.05) is 16.6 Å². The second-order valence-electron chi connectivity index (χ2n) is 7.34. The first-order valence-electron chi connectivity index (χ1n) is 9.93. The number of benzene rings is 2. The maximum Gasteiger partial charge on any atom is 0.493 e. The molecule has 0 saturated heterocycles. The fourth-order valence-corrected chi connectivity index (χ4v) is 4.82. The lowest BCUT2D eigenvalue weighted by Gasteiger charge is -2.24. The van der Waals surface area contributed by atoms with Crippen LogP contribution < -0.4 is 9.21 Å². The van der Waals surface area contributed by atoms with Crippen molar-refractivity contribution in [3.63, 3.8) is 0 Å². The van der Waals surface area contributed by atoms with Gasteiger partial charge in [-0.25, -0.2) is 4.79 Å². The van der Waals surface area contributed by atoms with Crippen LogP contribution in [0.2, 0.25) is 0 Å². The highest BCUT2D eigenvalue weighted by Crippen LogP contribution is 2.38. The summed E-state index contributed by atoms with van der Waals surface area (Å²) in [6.07, 6.45) is -1.15. The molecule has 0 atom stereocenters. The largest absolute Gasteiger partial charge is 0.495 e. The van der Waals surface area contributed by atoms with E-state index in [1.807, 2.05) is 0 Å². The first-order chi connectivity index (χ1) is 16.5. The van der Waals surface area contributed by atoms with Gasteiger partial charge in [-0.05, 0) is 48.9 Å². The molecule has 4 rings (SSSR count). The van der Waals surface area contributed by atoms with Gasteiger partial charge in [-0.3, -0.25) is 4.98 Å². The first-order valence-corrected chi connectivity index (χ1v) is 11.4. The SMILES string of the molecule is COc1ccc(C)cc1S(=O)(=O)N(OC(=O)C(F)(F)F)c1cc(-c2cccnc2)c2occc2c1. The van der Waals surface area contributed by atoms with Crippen LogP contribution in [-0.4, -0.2) is 32.7 Å². The van der Waals surface area contributed by atoms with E-state index < -0.39 is 27.1 Å². The Bertz CT molecular complexity index is 1500. The molecule has 0 N–H and O–H groups in total. The van der Waals surface area contributed by atoms with Crippen LogP contribution in [0.15, 0.2) is 76.5 Å². The number of alkyl halides is 3. The Hall–Kier alpha value is -4.06. The molecule has 0 aliphatic carbocycles. The Labute approximate surface area is 197 Å². The quantitative estimate of drug-likeness (QED) is 0.338. The van der Waals surface area contributed by atoms with E-state index in [0.29, 0.717) is 27.7 Å². The van der Waals surface area contributed by atoms with Crippen LogP contribution in [0, 0.1) is 6.92 Å². The van der Waals surface area contributed by atoms with Crippen LogP contribution in [0.25, 0.3) is 22.1 Å². The lowest BCUT2D eigenvalue weighted by atomic mass is 10.0. The highest BCUT2D eigenvalue weighted by atomic mass is 32.2. The molecule has 35 heavy (non-hydrogen) atoms. The molecule has 12 heteroatoms. The summed E-state index contributed by atoms with van der Waals surface area (Å²) in [6.45, 7) is 1.59. The van der Waals surface area contributed by atoms with E-state index in [-0.39, 0.29) is 15.9 Å². The number of aromatic nitrogens is 1. The lowest BCUT2D eigenvalue weighted by molar-refractivity contribution is -0.199. The van der Waals surface area contributed by atoms with Crippen molar-refractivity contribution in [3.8, 4) is 16.9 Å². The molecule has 0 fully saturated rings. The summed E-state index contributed by atoms with van der Waals surface area (Å²) >= 11 is 0. The Morgan fingerprint density at radius 2 is 1.89 bits per heavy atom. The summed E-state index contributed by atoms with van der Waals surface area (Å²) in [5, 5.41) is 0.348. The molecular formula is C23H17F3N2O6S. The maximum atomic E-state index is 13.6. The zero-order valence-corrected chi connectivity index (χ0v) is 19.1. The normalized spacial score (nSPS) is 11.9. The fraction of sp³-hybridized carbons (Fsp3) is 0.130. The van der Waals surface area contributed by atoms with Crippen molar-refractivity contribution in [2.75, 3.05) is 11.6 Å². The number of sulfonamides is 1. The average molecular weight is 506 g/mol. The number of pyridine rings is 1. The zero-order chi connectivity index (χ0) is 25.4. The third kappa shape index (κ3) is 4.64. The van der Waals surface area contributed by atoms with Gasteiger partial charge in [0, 0.05) is 28.9 Å². The molecular weight excluding hydrogens is 489 g/mol. The average Bonchev–Trinajstić information content (AvgIpc) is 3.30. The smallest absolute Gasteiger partial charge is 0.493 e. The summed E-state index contributed by atoms with van der Waals surface area (Å²) in [6, 6.07) is 11.3. The third-order valence-electron chi connectivity index (χ3n) is 4.93. The number of hydrogen-bond donors (Lipinski definition) is 0. The fourth-order valence-electron chi connectivity index (χ4n) is 3.35. The predicted molar refractivity (Wildman–Crippen MR) is 119 cm³/mol. The van der Waals surface area contributed by atoms with E-state index in [4.69, 9.17) is 9.15 Å². The number of carbonyl (C=O) groups excluding carboxylic acids is 1. The number of methoxy groups -OCH3 is 1. The van der Waals surface area contributed by atoms with Gasteiger partial charge in [0.1, 0.15) is 16.2 Å². The first kappa shape index (κ1) is 24.1. The molecule has 0 unspecified atom stereocenters. The zero-order valence-electron chi connectivity index (χ0n) is 18.2. The Morgan fingerprint density at radius 1 is 1.11 bits per heavy atom. The summed E-state index contributed by atoms with van der Waals surface area (Å²) < 4.78 is 77.2. The molecule has 0 radical (unpaired) electrons. The summed E-state index contributed by atoms with van der Waals surface area (Å²) in [4.78, 5) is 19.8. The minimum Gasteiger partial charge on any atom is -0.495 e. The van der Waals surface area contributed by atoms with Crippen LogP contribution in [0.5, 0.6) is 5.75 Å². The molecule has 0 aliphatic heterocycles. The van der Waals surface area contributed by atoms with Gasteiger partial charge in [-0.15, -0.1) is 0 Å². The van der Waals surface area contributed by atoms with Crippen LogP contribution in [-0.2, 0) is 19.7 Å². The molecule has 4 aromatic rings. The summed E-state index contributed by atoms with van der Waals surface area (Å²) in [5.41, 5.74) is 1.23. The van der Waals surface area contributed by atoms with Crippen molar-refractivity contribution in [2.45, 2.75) is 18.0 Å². The van der Waals surface area contributed by atoms with E-state index in [0.717, 1.165) is 0 Å². The molecule has 8 nitrogen and oxygen atoms in total. The minimum atomic E-state index is -5.46. The molecule has 0 amide bonds. The van der Waals surface area contributed by atoms with Crippen molar-refractivity contribution in [3.05, 3.63) is 72.8 Å². The number of nitrogens with zero attached hydrogens (tertiary/aromatic N) is 2. The number of fused-ring (bicyclic) bond motifs is 1. The second-order valence-corrected chi connectivity index (χ2v) is 9.06. The molecule has 2 aromatic carbocycles. The van der Waals surface area contributed by atoms with Crippen LogP contribution in [0.1, 0.15) is 5.56 Å². The topological polar surface area (TPSA) is 98.9 Å². The van der Waals surface area contributed by atoms with Crippen molar-refractivity contribution in [2.24, 2.45) is 0 Å². The van der Waals surface area contributed by atoms with Crippen molar-refractivity contribution in [1.29, 1.82) is 0 Å². The van der Waals surface area contributed by atoms with E-state index in [2.05, 4.69) is 9.82 Å². The third-order valence-corrected chi connectivity index (χ3v) is 6.53. The summed E-state index contributed by atoms with van der Waals surface area (Å²) in [7, 11) is -3.70. The molecule has 0 spiro atoms. The molecule has 0 aliphatic rings. The molecule has 0 saturated carbocycles. The van der Waals surface area contributed by atoms with Gasteiger partial charge in [0.05, 0.1) is 19.1 Å². The van der Waals surface area contributed by atoms with Crippen LogP contribution >= 0.6 is 0 Å². The Balaban J connectivity index is 1.97. The van der Waals surface area contributed by atoms with Gasteiger partial charge in [0.2, 0.25) is 0 Å². The number of rotatable bonds is 6.